The maximum absolute atomic E-state index is 5.85. The highest BCUT2D eigenvalue weighted by Gasteiger charge is 2.02. The molecule has 0 aliphatic heterocycles. The van der Waals surface area contributed by atoms with Gasteiger partial charge in [0.25, 0.3) is 0 Å². The van der Waals surface area contributed by atoms with Crippen molar-refractivity contribution in [2.45, 2.75) is 39.5 Å². The van der Waals surface area contributed by atoms with Crippen molar-refractivity contribution < 1.29 is 4.74 Å². The van der Waals surface area contributed by atoms with Gasteiger partial charge in [-0.05, 0) is 49.2 Å². The molecule has 0 N–H and O–H groups in total. The first-order chi connectivity index (χ1) is 9.31. The molecule has 0 amide bonds. The smallest absolute Gasteiger partial charge is 0.122 e. The lowest BCUT2D eigenvalue weighted by atomic mass is 10.2. The van der Waals surface area contributed by atoms with Crippen molar-refractivity contribution in [3.63, 3.8) is 0 Å². The third kappa shape index (κ3) is 3.88. The fourth-order valence-electron chi connectivity index (χ4n) is 2.17. The molecule has 1 heterocycles. The van der Waals surface area contributed by atoms with Gasteiger partial charge < -0.3 is 9.30 Å². The zero-order chi connectivity index (χ0) is 13.5. The molecule has 0 spiro atoms. The van der Waals surface area contributed by atoms with E-state index in [2.05, 4.69) is 49.0 Å². The minimum Gasteiger partial charge on any atom is -0.493 e. The zero-order valence-electron chi connectivity index (χ0n) is 11.9. The van der Waals surface area contributed by atoms with Crippen LogP contribution in [0.2, 0.25) is 0 Å². The summed E-state index contributed by atoms with van der Waals surface area (Å²) in [5, 5.41) is 0. The minimum atomic E-state index is 0.823. The Morgan fingerprint density at radius 1 is 1.05 bits per heavy atom. The Balaban J connectivity index is 1.92. The molecule has 0 saturated heterocycles. The van der Waals surface area contributed by atoms with Crippen LogP contribution in [0.25, 0.3) is 5.69 Å². The standard InChI is InChI=1S/C17H23NO/c1-3-4-5-8-13-19-17-10-9-16(14-15(17)2)18-11-6-7-12-18/h6-7,9-12,14H,3-5,8,13H2,1-2H3. The number of nitrogens with zero attached hydrogens (tertiary/aromatic N) is 1. The average molecular weight is 257 g/mol. The largest absolute Gasteiger partial charge is 0.493 e. The molecule has 1 aromatic carbocycles. The molecule has 0 atom stereocenters. The van der Waals surface area contributed by atoms with E-state index in [-0.39, 0.29) is 0 Å². The van der Waals surface area contributed by atoms with Crippen molar-refractivity contribution in [3.05, 3.63) is 48.3 Å². The Kier molecular flexibility index (Phi) is 5.08. The molecule has 0 unspecified atom stereocenters. The predicted molar refractivity (Wildman–Crippen MR) is 80.1 cm³/mol. The topological polar surface area (TPSA) is 14.2 Å². The molecular weight excluding hydrogens is 234 g/mol. The maximum Gasteiger partial charge on any atom is 0.122 e. The van der Waals surface area contributed by atoms with E-state index >= 15 is 0 Å². The van der Waals surface area contributed by atoms with Crippen molar-refractivity contribution in [2.75, 3.05) is 6.61 Å². The minimum absolute atomic E-state index is 0.823. The second-order valence-corrected chi connectivity index (χ2v) is 4.95. The lowest BCUT2D eigenvalue weighted by molar-refractivity contribution is 0.303. The van der Waals surface area contributed by atoms with Gasteiger partial charge in [0.15, 0.2) is 0 Å². The number of unbranched alkanes of at least 4 members (excludes halogenated alkanes) is 3. The van der Waals surface area contributed by atoms with Crippen LogP contribution in [-0.4, -0.2) is 11.2 Å². The molecule has 19 heavy (non-hydrogen) atoms. The van der Waals surface area contributed by atoms with Gasteiger partial charge in [0, 0.05) is 18.1 Å². The van der Waals surface area contributed by atoms with Crippen LogP contribution in [0.5, 0.6) is 5.75 Å². The Hall–Kier alpha value is -1.70. The Labute approximate surface area is 116 Å². The maximum atomic E-state index is 5.85. The molecule has 0 saturated carbocycles. The highest BCUT2D eigenvalue weighted by atomic mass is 16.5. The number of benzene rings is 1. The molecule has 2 heteroatoms. The number of hydrogen-bond donors (Lipinski definition) is 0. The van der Waals surface area contributed by atoms with Crippen LogP contribution >= 0.6 is 0 Å². The summed E-state index contributed by atoms with van der Waals surface area (Å²) in [5.74, 6) is 1.01. The first-order valence-corrected chi connectivity index (χ1v) is 7.18. The normalized spacial score (nSPS) is 10.6. The Bertz CT molecular complexity index is 488. The van der Waals surface area contributed by atoms with Crippen LogP contribution in [0.15, 0.2) is 42.7 Å². The summed E-state index contributed by atoms with van der Waals surface area (Å²) < 4.78 is 7.96. The summed E-state index contributed by atoms with van der Waals surface area (Å²) in [6.07, 6.45) is 9.09. The molecule has 0 bridgehead atoms. The quantitative estimate of drug-likeness (QED) is 0.653. The molecular formula is C17H23NO. The van der Waals surface area contributed by atoms with Crippen LogP contribution in [-0.2, 0) is 0 Å². The predicted octanol–water partition coefficient (Wildman–Crippen LogP) is 4.74. The highest BCUT2D eigenvalue weighted by Crippen LogP contribution is 2.21. The van der Waals surface area contributed by atoms with Crippen LogP contribution in [0.4, 0.5) is 0 Å². The summed E-state index contributed by atoms with van der Waals surface area (Å²) in [5.41, 5.74) is 2.38. The van der Waals surface area contributed by atoms with Crippen LogP contribution in [0.3, 0.4) is 0 Å². The van der Waals surface area contributed by atoms with Crippen molar-refractivity contribution >= 4 is 0 Å². The fraction of sp³-hybridized carbons (Fsp3) is 0.412. The molecule has 0 aliphatic rings. The number of rotatable bonds is 7. The molecule has 102 valence electrons. The van der Waals surface area contributed by atoms with Gasteiger partial charge in [0.2, 0.25) is 0 Å². The van der Waals surface area contributed by atoms with E-state index in [1.54, 1.807) is 0 Å². The van der Waals surface area contributed by atoms with E-state index in [1.807, 2.05) is 12.1 Å². The van der Waals surface area contributed by atoms with Gasteiger partial charge in [-0.25, -0.2) is 0 Å². The summed E-state index contributed by atoms with van der Waals surface area (Å²) >= 11 is 0. The summed E-state index contributed by atoms with van der Waals surface area (Å²) in [4.78, 5) is 0. The fourth-order valence-corrected chi connectivity index (χ4v) is 2.17. The summed E-state index contributed by atoms with van der Waals surface area (Å²) in [7, 11) is 0. The lowest BCUT2D eigenvalue weighted by Gasteiger charge is -2.11. The molecule has 2 aromatic rings. The first kappa shape index (κ1) is 13.7. The number of hydrogen-bond acceptors (Lipinski definition) is 1. The van der Waals surface area contributed by atoms with Crippen molar-refractivity contribution in [3.8, 4) is 11.4 Å². The van der Waals surface area contributed by atoms with E-state index in [0.717, 1.165) is 18.8 Å². The molecule has 0 aliphatic carbocycles. The van der Waals surface area contributed by atoms with Gasteiger partial charge in [0.1, 0.15) is 5.75 Å². The van der Waals surface area contributed by atoms with Gasteiger partial charge in [-0.15, -0.1) is 0 Å². The molecule has 1 aromatic heterocycles. The van der Waals surface area contributed by atoms with Gasteiger partial charge in [0.05, 0.1) is 6.61 Å². The zero-order valence-corrected chi connectivity index (χ0v) is 11.9. The average Bonchev–Trinajstić information content (AvgIpc) is 2.94. The van der Waals surface area contributed by atoms with Crippen molar-refractivity contribution in [1.82, 2.24) is 4.57 Å². The number of ether oxygens (including phenoxy) is 1. The van der Waals surface area contributed by atoms with Crippen LogP contribution in [0, 0.1) is 6.92 Å². The van der Waals surface area contributed by atoms with E-state index in [9.17, 15) is 0 Å². The van der Waals surface area contributed by atoms with E-state index in [4.69, 9.17) is 4.74 Å². The van der Waals surface area contributed by atoms with Gasteiger partial charge in [-0.2, -0.15) is 0 Å². The summed E-state index contributed by atoms with van der Waals surface area (Å²) in [6, 6.07) is 10.4. The third-order valence-corrected chi connectivity index (χ3v) is 3.32. The van der Waals surface area contributed by atoms with E-state index in [1.165, 1.54) is 30.5 Å². The molecule has 0 fully saturated rings. The van der Waals surface area contributed by atoms with Gasteiger partial charge in [-0.3, -0.25) is 0 Å². The number of aromatic nitrogens is 1. The van der Waals surface area contributed by atoms with Crippen LogP contribution in [0.1, 0.15) is 38.2 Å². The highest BCUT2D eigenvalue weighted by molar-refractivity contribution is 5.43. The Morgan fingerprint density at radius 3 is 2.53 bits per heavy atom. The molecule has 2 rings (SSSR count). The summed E-state index contributed by atoms with van der Waals surface area (Å²) in [6.45, 7) is 5.16. The van der Waals surface area contributed by atoms with Gasteiger partial charge >= 0.3 is 0 Å². The molecule has 0 radical (unpaired) electrons. The third-order valence-electron chi connectivity index (χ3n) is 3.32. The van der Waals surface area contributed by atoms with Gasteiger partial charge in [-0.1, -0.05) is 26.2 Å². The second kappa shape index (κ2) is 7.03. The monoisotopic (exact) mass is 257 g/mol. The first-order valence-electron chi connectivity index (χ1n) is 7.18. The number of aryl methyl sites for hydroxylation is 1. The van der Waals surface area contributed by atoms with Crippen molar-refractivity contribution in [1.29, 1.82) is 0 Å². The van der Waals surface area contributed by atoms with Crippen molar-refractivity contribution in [2.24, 2.45) is 0 Å². The SMILES string of the molecule is CCCCCCOc1ccc(-n2cccc2)cc1C. The Morgan fingerprint density at radius 2 is 1.84 bits per heavy atom. The van der Waals surface area contributed by atoms with E-state index < -0.39 is 0 Å². The molecule has 2 nitrogen and oxygen atoms in total. The lowest BCUT2D eigenvalue weighted by Crippen LogP contribution is -2.00. The van der Waals surface area contributed by atoms with Crippen LogP contribution < -0.4 is 4.74 Å². The van der Waals surface area contributed by atoms with E-state index in [0.29, 0.717) is 0 Å². The second-order valence-electron chi connectivity index (χ2n) is 4.95.